The first-order valence-electron chi connectivity index (χ1n) is 6.76. The maximum atomic E-state index is 12.8. The molecule has 0 saturated heterocycles. The Balaban J connectivity index is 2.02. The number of rotatable bonds is 5. The highest BCUT2D eigenvalue weighted by molar-refractivity contribution is 5.90. The Labute approximate surface area is 120 Å². The zero-order valence-electron chi connectivity index (χ0n) is 11.3. The van der Waals surface area contributed by atoms with Gasteiger partial charge in [0.2, 0.25) is 0 Å². The summed E-state index contributed by atoms with van der Waals surface area (Å²) in [6.45, 7) is -0.0689. The van der Waals surface area contributed by atoms with Crippen molar-refractivity contribution in [3.05, 3.63) is 29.8 Å². The van der Waals surface area contributed by atoms with Gasteiger partial charge < -0.3 is 15.7 Å². The highest BCUT2D eigenvalue weighted by atomic mass is 19.4. The van der Waals surface area contributed by atoms with Gasteiger partial charge in [0.25, 0.3) is 0 Å². The summed E-state index contributed by atoms with van der Waals surface area (Å²) in [5.74, 6) is 0.306. The number of anilines is 1. The zero-order valence-corrected chi connectivity index (χ0v) is 11.3. The lowest BCUT2D eigenvalue weighted by Gasteiger charge is -2.19. The summed E-state index contributed by atoms with van der Waals surface area (Å²) in [6.07, 6.45) is -2.20. The van der Waals surface area contributed by atoms with Crippen LogP contribution in [0.2, 0.25) is 0 Å². The van der Waals surface area contributed by atoms with Gasteiger partial charge in [0.15, 0.2) is 0 Å². The molecule has 0 spiro atoms. The van der Waals surface area contributed by atoms with Gasteiger partial charge in [-0.2, -0.15) is 13.2 Å². The fourth-order valence-corrected chi connectivity index (χ4v) is 2.23. The van der Waals surface area contributed by atoms with Gasteiger partial charge in [-0.05, 0) is 37.3 Å². The number of halogens is 3. The van der Waals surface area contributed by atoms with Crippen LogP contribution in [0.4, 0.5) is 23.7 Å². The normalized spacial score (nSPS) is 16.4. The number of carbonyl (C=O) groups excluding carboxylic acids is 1. The van der Waals surface area contributed by atoms with Crippen LogP contribution in [0.1, 0.15) is 24.8 Å². The SMILES string of the molecule is O=C(Nc1ccccc1C(F)(F)F)N[C@H](CCO)C1CC1. The van der Waals surface area contributed by atoms with E-state index in [1.807, 2.05) is 0 Å². The number of alkyl halides is 3. The molecule has 2 rings (SSSR count). The topological polar surface area (TPSA) is 61.4 Å². The van der Waals surface area contributed by atoms with Crippen LogP contribution in [-0.4, -0.2) is 23.8 Å². The highest BCUT2D eigenvalue weighted by Gasteiger charge is 2.34. The minimum atomic E-state index is -4.52. The van der Waals surface area contributed by atoms with Crippen LogP contribution < -0.4 is 10.6 Å². The van der Waals surface area contributed by atoms with E-state index >= 15 is 0 Å². The molecule has 4 nitrogen and oxygen atoms in total. The number of urea groups is 1. The first kappa shape index (κ1) is 15.6. The van der Waals surface area contributed by atoms with Crippen molar-refractivity contribution in [1.29, 1.82) is 0 Å². The number of amides is 2. The maximum absolute atomic E-state index is 12.8. The van der Waals surface area contributed by atoms with Crippen molar-refractivity contribution in [2.45, 2.75) is 31.5 Å². The fraction of sp³-hybridized carbons (Fsp3) is 0.500. The number of aliphatic hydroxyl groups excluding tert-OH is 1. The zero-order chi connectivity index (χ0) is 15.5. The molecule has 1 fully saturated rings. The molecule has 0 unspecified atom stereocenters. The van der Waals surface area contributed by atoms with E-state index in [4.69, 9.17) is 5.11 Å². The van der Waals surface area contributed by atoms with E-state index in [1.54, 1.807) is 0 Å². The van der Waals surface area contributed by atoms with Crippen molar-refractivity contribution >= 4 is 11.7 Å². The second kappa shape index (κ2) is 6.34. The van der Waals surface area contributed by atoms with Gasteiger partial charge in [-0.3, -0.25) is 0 Å². The average molecular weight is 302 g/mol. The Morgan fingerprint density at radius 1 is 1.33 bits per heavy atom. The Kier molecular flexibility index (Phi) is 4.72. The van der Waals surface area contributed by atoms with E-state index in [1.165, 1.54) is 18.2 Å². The summed E-state index contributed by atoms with van der Waals surface area (Å²) in [5.41, 5.74) is -1.16. The molecule has 1 saturated carbocycles. The number of hydrogen-bond donors (Lipinski definition) is 3. The van der Waals surface area contributed by atoms with Crippen LogP contribution in [0.15, 0.2) is 24.3 Å². The van der Waals surface area contributed by atoms with Gasteiger partial charge in [0, 0.05) is 12.6 Å². The summed E-state index contributed by atoms with van der Waals surface area (Å²) in [4.78, 5) is 11.8. The predicted octanol–water partition coefficient (Wildman–Crippen LogP) is 2.99. The molecule has 0 bridgehead atoms. The second-order valence-electron chi connectivity index (χ2n) is 5.10. The first-order valence-corrected chi connectivity index (χ1v) is 6.76. The average Bonchev–Trinajstić information content (AvgIpc) is 3.21. The molecule has 116 valence electrons. The van der Waals surface area contributed by atoms with Crippen molar-refractivity contribution in [1.82, 2.24) is 5.32 Å². The molecule has 1 aliphatic rings. The van der Waals surface area contributed by atoms with Crippen LogP contribution in [0, 0.1) is 5.92 Å². The van der Waals surface area contributed by atoms with Crippen molar-refractivity contribution in [3.63, 3.8) is 0 Å². The number of nitrogens with one attached hydrogen (secondary N) is 2. The number of aliphatic hydroxyl groups is 1. The van der Waals surface area contributed by atoms with E-state index in [0.717, 1.165) is 18.9 Å². The molecular weight excluding hydrogens is 285 g/mol. The van der Waals surface area contributed by atoms with Gasteiger partial charge in [-0.1, -0.05) is 12.1 Å². The fourth-order valence-electron chi connectivity index (χ4n) is 2.23. The molecule has 21 heavy (non-hydrogen) atoms. The second-order valence-corrected chi connectivity index (χ2v) is 5.10. The lowest BCUT2D eigenvalue weighted by Crippen LogP contribution is -2.40. The first-order chi connectivity index (χ1) is 9.91. The van der Waals surface area contributed by atoms with Crippen LogP contribution in [-0.2, 0) is 6.18 Å². The number of benzene rings is 1. The van der Waals surface area contributed by atoms with E-state index in [2.05, 4.69) is 10.6 Å². The lowest BCUT2D eigenvalue weighted by molar-refractivity contribution is -0.136. The van der Waals surface area contributed by atoms with Gasteiger partial charge in [-0.25, -0.2) is 4.79 Å². The quantitative estimate of drug-likeness (QED) is 0.783. The van der Waals surface area contributed by atoms with Gasteiger partial charge in [-0.15, -0.1) is 0 Å². The van der Waals surface area contributed by atoms with Crippen LogP contribution >= 0.6 is 0 Å². The Bertz CT molecular complexity index is 501. The van der Waals surface area contributed by atoms with E-state index < -0.39 is 17.8 Å². The van der Waals surface area contributed by atoms with Gasteiger partial charge >= 0.3 is 12.2 Å². The number of carbonyl (C=O) groups is 1. The third-order valence-corrected chi connectivity index (χ3v) is 3.43. The smallest absolute Gasteiger partial charge is 0.396 e. The molecule has 1 aromatic carbocycles. The summed E-state index contributed by atoms with van der Waals surface area (Å²) in [6, 6.07) is 3.94. The minimum absolute atomic E-state index is 0.0689. The molecule has 3 N–H and O–H groups in total. The summed E-state index contributed by atoms with van der Waals surface area (Å²) in [5, 5.41) is 13.8. The molecule has 0 radical (unpaired) electrons. The molecule has 2 amide bonds. The van der Waals surface area contributed by atoms with E-state index in [0.29, 0.717) is 12.3 Å². The van der Waals surface area contributed by atoms with Gasteiger partial charge in [0.05, 0.1) is 11.3 Å². The van der Waals surface area contributed by atoms with Crippen LogP contribution in [0.5, 0.6) is 0 Å². The Morgan fingerprint density at radius 3 is 2.57 bits per heavy atom. The van der Waals surface area contributed by atoms with E-state index in [9.17, 15) is 18.0 Å². The molecule has 1 aromatic rings. The Hall–Kier alpha value is -1.76. The molecular formula is C14H17F3N2O2. The summed E-state index contributed by atoms with van der Waals surface area (Å²) >= 11 is 0. The molecule has 1 atom stereocenters. The summed E-state index contributed by atoms with van der Waals surface area (Å²) < 4.78 is 38.4. The van der Waals surface area contributed by atoms with Crippen molar-refractivity contribution in [3.8, 4) is 0 Å². The molecule has 0 heterocycles. The van der Waals surface area contributed by atoms with Crippen LogP contribution in [0.25, 0.3) is 0 Å². The van der Waals surface area contributed by atoms with Crippen molar-refractivity contribution < 1.29 is 23.1 Å². The maximum Gasteiger partial charge on any atom is 0.418 e. The Morgan fingerprint density at radius 2 is 2.00 bits per heavy atom. The molecule has 7 heteroatoms. The standard InChI is InChI=1S/C14H17F3N2O2/c15-14(16,17)10-3-1-2-4-12(10)19-13(21)18-11(7-8-20)9-5-6-9/h1-4,9,11,20H,5-8H2,(H2,18,19,21)/t11-/m1/s1. The van der Waals surface area contributed by atoms with Crippen molar-refractivity contribution in [2.24, 2.45) is 5.92 Å². The molecule has 0 aliphatic heterocycles. The van der Waals surface area contributed by atoms with Crippen molar-refractivity contribution in [2.75, 3.05) is 11.9 Å². The monoisotopic (exact) mass is 302 g/mol. The predicted molar refractivity (Wildman–Crippen MR) is 71.8 cm³/mol. The minimum Gasteiger partial charge on any atom is -0.396 e. The highest BCUT2D eigenvalue weighted by Crippen LogP contribution is 2.35. The number of para-hydroxylation sites is 1. The van der Waals surface area contributed by atoms with Crippen LogP contribution in [0.3, 0.4) is 0 Å². The largest absolute Gasteiger partial charge is 0.418 e. The molecule has 1 aliphatic carbocycles. The third kappa shape index (κ3) is 4.35. The summed E-state index contributed by atoms with van der Waals surface area (Å²) in [7, 11) is 0. The van der Waals surface area contributed by atoms with E-state index in [-0.39, 0.29) is 18.3 Å². The van der Waals surface area contributed by atoms with Gasteiger partial charge in [0.1, 0.15) is 0 Å². The number of hydrogen-bond acceptors (Lipinski definition) is 2. The lowest BCUT2D eigenvalue weighted by atomic mass is 10.1. The third-order valence-electron chi connectivity index (χ3n) is 3.43. The molecule has 0 aromatic heterocycles.